The normalized spacial score (nSPS) is 25.4. The molecule has 4 aliphatic rings. The number of allylic oxidation sites excluding steroid dienone is 2. The first-order chi connectivity index (χ1) is 24.8. The molecule has 51 heavy (non-hydrogen) atoms. The average Bonchev–Trinajstić information content (AvgIpc) is 3.57. The van der Waals surface area contributed by atoms with E-state index in [0.717, 1.165) is 35.1 Å². The number of nitrogens with zero attached hydrogens (tertiary/aromatic N) is 2. The largest absolute Gasteiger partial charge is 0.508 e. The van der Waals surface area contributed by atoms with Crippen molar-refractivity contribution in [2.24, 2.45) is 29.6 Å². The first-order valence-corrected chi connectivity index (χ1v) is 17.9. The highest BCUT2D eigenvalue weighted by Crippen LogP contribution is 2.59. The Morgan fingerprint density at radius 3 is 1.82 bits per heavy atom. The lowest BCUT2D eigenvalue weighted by Crippen LogP contribution is -2.43. The predicted molar refractivity (Wildman–Crippen MR) is 193 cm³/mol. The minimum Gasteiger partial charge on any atom is -0.508 e. The number of rotatable bonds is 8. The zero-order chi connectivity index (χ0) is 35.4. The molecule has 8 nitrogen and oxygen atoms in total. The maximum Gasteiger partial charge on any atom is 0.238 e. The van der Waals surface area contributed by atoms with Gasteiger partial charge in [0.2, 0.25) is 23.6 Å². The third-order valence-electron chi connectivity index (χ3n) is 11.4. The number of hydrogen-bond acceptors (Lipinski definition) is 6. The standard InChI is InChI=1S/C43H40N2O6/c1-3-25-10-14-28(15-11-25)44-40(47)33-21-20-31-34(38(33)42(44)49)23-35-39(43(50)45(41(35)48)29-16-12-26(4-2)13-17-29)37(31)32-19-18-30(22-36(32)46)51-24-27-8-6-5-7-9-27/h5-20,22,33-35,37-39,46H,3-4,21,23-24H2,1-2H3. The van der Waals surface area contributed by atoms with Gasteiger partial charge in [-0.3, -0.25) is 29.0 Å². The summed E-state index contributed by atoms with van der Waals surface area (Å²) in [5.74, 6) is -4.63. The van der Waals surface area contributed by atoms with Gasteiger partial charge in [0.25, 0.3) is 0 Å². The molecule has 2 saturated heterocycles. The summed E-state index contributed by atoms with van der Waals surface area (Å²) >= 11 is 0. The van der Waals surface area contributed by atoms with Crippen molar-refractivity contribution >= 4 is 35.0 Å². The van der Waals surface area contributed by atoms with Crippen LogP contribution in [0.1, 0.15) is 54.9 Å². The topological polar surface area (TPSA) is 104 Å². The third-order valence-corrected chi connectivity index (χ3v) is 11.4. The molecular formula is C43H40N2O6. The van der Waals surface area contributed by atoms with Gasteiger partial charge in [0.15, 0.2) is 0 Å². The van der Waals surface area contributed by atoms with Crippen molar-refractivity contribution in [1.29, 1.82) is 0 Å². The van der Waals surface area contributed by atoms with Gasteiger partial charge in [-0.15, -0.1) is 0 Å². The SMILES string of the molecule is CCc1ccc(N2C(=O)C3CC=C4C(CC5C(=O)N(c6ccc(CC)cc6)C(=O)C5C4c4ccc(OCc5ccccc5)cc4O)C3C2=O)cc1. The van der Waals surface area contributed by atoms with Crippen LogP contribution in [0, 0.1) is 29.6 Å². The molecule has 3 fully saturated rings. The Morgan fingerprint density at radius 2 is 1.24 bits per heavy atom. The van der Waals surface area contributed by atoms with Crippen molar-refractivity contribution in [3.05, 3.63) is 131 Å². The van der Waals surface area contributed by atoms with E-state index in [1.807, 2.05) is 79.7 Å². The lowest BCUT2D eigenvalue weighted by atomic mass is 9.57. The van der Waals surface area contributed by atoms with Crippen LogP contribution < -0.4 is 14.5 Å². The Bertz CT molecular complexity index is 2050. The van der Waals surface area contributed by atoms with E-state index >= 15 is 0 Å². The van der Waals surface area contributed by atoms with Crippen molar-refractivity contribution < 1.29 is 29.0 Å². The quantitative estimate of drug-likeness (QED) is 0.157. The minimum absolute atomic E-state index is 0.0505. The van der Waals surface area contributed by atoms with Crippen LogP contribution in [0.15, 0.2) is 109 Å². The van der Waals surface area contributed by atoms with E-state index in [2.05, 4.69) is 6.92 Å². The Kier molecular flexibility index (Phi) is 8.33. The molecule has 258 valence electrons. The number of phenolic OH excluding ortho intramolecular Hbond substituents is 1. The summed E-state index contributed by atoms with van der Waals surface area (Å²) in [6.07, 6.45) is 4.26. The number of hydrogen-bond donors (Lipinski definition) is 1. The molecule has 0 spiro atoms. The second kappa shape index (κ2) is 13.0. The van der Waals surface area contributed by atoms with Crippen molar-refractivity contribution in [2.45, 2.75) is 52.1 Å². The summed E-state index contributed by atoms with van der Waals surface area (Å²) in [6.45, 7) is 4.41. The molecule has 0 bridgehead atoms. The number of anilines is 2. The van der Waals surface area contributed by atoms with Gasteiger partial charge < -0.3 is 9.84 Å². The highest BCUT2D eigenvalue weighted by atomic mass is 16.5. The first kappa shape index (κ1) is 32.7. The van der Waals surface area contributed by atoms with Crippen LogP contribution in [0.5, 0.6) is 11.5 Å². The monoisotopic (exact) mass is 680 g/mol. The number of carbonyl (C=O) groups excluding carboxylic acids is 4. The summed E-state index contributed by atoms with van der Waals surface area (Å²) in [4.78, 5) is 59.7. The number of imide groups is 2. The lowest BCUT2D eigenvalue weighted by Gasteiger charge is -2.44. The molecule has 4 amide bonds. The molecule has 4 aromatic rings. The number of fused-ring (bicyclic) bond motifs is 4. The zero-order valence-corrected chi connectivity index (χ0v) is 28.7. The number of amides is 4. The van der Waals surface area contributed by atoms with Crippen LogP contribution in [-0.2, 0) is 38.6 Å². The molecule has 8 rings (SSSR count). The molecule has 6 unspecified atom stereocenters. The fourth-order valence-electron chi connectivity index (χ4n) is 8.82. The second-order valence-electron chi connectivity index (χ2n) is 14.1. The van der Waals surface area contributed by atoms with E-state index < -0.39 is 35.5 Å². The maximum atomic E-state index is 14.5. The van der Waals surface area contributed by atoms with Gasteiger partial charge >= 0.3 is 0 Å². The molecule has 4 aromatic carbocycles. The number of benzene rings is 4. The molecule has 1 N–H and O–H groups in total. The van der Waals surface area contributed by atoms with Gasteiger partial charge in [-0.25, -0.2) is 0 Å². The number of phenols is 1. The van der Waals surface area contributed by atoms with E-state index in [9.17, 15) is 24.3 Å². The van der Waals surface area contributed by atoms with Gasteiger partial charge in [0, 0.05) is 17.5 Å². The van der Waals surface area contributed by atoms with Gasteiger partial charge in [0.1, 0.15) is 18.1 Å². The highest BCUT2D eigenvalue weighted by molar-refractivity contribution is 6.24. The number of ether oxygens (including phenoxy) is 1. The van der Waals surface area contributed by atoms with Crippen molar-refractivity contribution in [3.8, 4) is 11.5 Å². The van der Waals surface area contributed by atoms with E-state index in [1.165, 1.54) is 9.80 Å². The maximum absolute atomic E-state index is 14.5. The molecule has 1 saturated carbocycles. The number of aryl methyl sites for hydroxylation is 2. The van der Waals surface area contributed by atoms with E-state index in [-0.39, 0.29) is 35.8 Å². The van der Waals surface area contributed by atoms with Crippen molar-refractivity contribution in [3.63, 3.8) is 0 Å². The van der Waals surface area contributed by atoms with Gasteiger partial charge in [0.05, 0.1) is 35.0 Å². The number of aromatic hydroxyl groups is 1. The Balaban J connectivity index is 1.18. The summed E-state index contributed by atoms with van der Waals surface area (Å²) in [5, 5.41) is 11.6. The fourth-order valence-corrected chi connectivity index (χ4v) is 8.82. The summed E-state index contributed by atoms with van der Waals surface area (Å²) in [5.41, 5.74) is 5.56. The van der Waals surface area contributed by atoms with Crippen LogP contribution >= 0.6 is 0 Å². The van der Waals surface area contributed by atoms with E-state index in [1.54, 1.807) is 30.3 Å². The van der Waals surface area contributed by atoms with Gasteiger partial charge in [-0.1, -0.05) is 86.2 Å². The Hall–Kier alpha value is -5.50. The van der Waals surface area contributed by atoms with Crippen LogP contribution in [0.4, 0.5) is 11.4 Å². The van der Waals surface area contributed by atoms with Crippen LogP contribution in [0.2, 0.25) is 0 Å². The summed E-state index contributed by atoms with van der Waals surface area (Å²) < 4.78 is 6.00. The van der Waals surface area contributed by atoms with Gasteiger partial charge in [-0.05, 0) is 78.6 Å². The van der Waals surface area contributed by atoms with Crippen molar-refractivity contribution in [2.75, 3.05) is 9.80 Å². The lowest BCUT2D eigenvalue weighted by molar-refractivity contribution is -0.126. The van der Waals surface area contributed by atoms with E-state index in [0.29, 0.717) is 35.7 Å². The Morgan fingerprint density at radius 1 is 0.647 bits per heavy atom. The second-order valence-corrected chi connectivity index (χ2v) is 14.1. The molecule has 6 atom stereocenters. The molecule has 0 radical (unpaired) electrons. The average molecular weight is 681 g/mol. The summed E-state index contributed by atoms with van der Waals surface area (Å²) in [6, 6.07) is 29.8. The minimum atomic E-state index is -0.783. The third kappa shape index (κ3) is 5.44. The van der Waals surface area contributed by atoms with Gasteiger partial charge in [-0.2, -0.15) is 0 Å². The Labute approximate surface area is 297 Å². The zero-order valence-electron chi connectivity index (χ0n) is 28.7. The van der Waals surface area contributed by atoms with Crippen LogP contribution in [-0.4, -0.2) is 28.7 Å². The van der Waals surface area contributed by atoms with Crippen LogP contribution in [0.25, 0.3) is 0 Å². The number of carbonyl (C=O) groups is 4. The summed E-state index contributed by atoms with van der Waals surface area (Å²) in [7, 11) is 0. The first-order valence-electron chi connectivity index (χ1n) is 17.9. The molecule has 2 aliphatic heterocycles. The molecule has 8 heteroatoms. The smallest absolute Gasteiger partial charge is 0.238 e. The molecule has 2 aliphatic carbocycles. The van der Waals surface area contributed by atoms with E-state index in [4.69, 9.17) is 4.74 Å². The van der Waals surface area contributed by atoms with Crippen LogP contribution in [0.3, 0.4) is 0 Å². The highest BCUT2D eigenvalue weighted by Gasteiger charge is 2.62. The molecule has 2 heterocycles. The molecular weight excluding hydrogens is 640 g/mol. The van der Waals surface area contributed by atoms with Crippen molar-refractivity contribution in [1.82, 2.24) is 0 Å². The fraction of sp³-hybridized carbons (Fsp3) is 0.302. The predicted octanol–water partition coefficient (Wildman–Crippen LogP) is 7.14. The molecule has 0 aromatic heterocycles.